The first-order chi connectivity index (χ1) is 20.7. The number of nitrogens with zero attached hydrogens (tertiary/aromatic N) is 4. The predicted octanol–water partition coefficient (Wildman–Crippen LogP) is 9.97. The van der Waals surface area contributed by atoms with E-state index in [9.17, 15) is 5.26 Å². The number of fused-ring (bicyclic) bond motifs is 6. The smallest absolute Gasteiger partial charge is 0.187 e. The Labute approximate surface area is 242 Å². The Morgan fingerprint density at radius 3 is 1.88 bits per heavy atom. The van der Waals surface area contributed by atoms with Crippen molar-refractivity contribution in [2.45, 2.75) is 0 Å². The van der Waals surface area contributed by atoms with E-state index in [1.807, 2.05) is 36.4 Å². The van der Waals surface area contributed by atoms with Crippen LogP contribution in [0.4, 0.5) is 5.69 Å². The molecule has 0 radical (unpaired) electrons. The van der Waals surface area contributed by atoms with Gasteiger partial charge in [-0.2, -0.15) is 5.26 Å². The largest absolute Gasteiger partial charge is 0.309 e. The molecule has 0 saturated carbocycles. The minimum absolute atomic E-state index is 0.634. The first-order valence-electron chi connectivity index (χ1n) is 13.8. The van der Waals surface area contributed by atoms with Crippen molar-refractivity contribution in [2.24, 2.45) is 0 Å². The van der Waals surface area contributed by atoms with Crippen LogP contribution in [0.3, 0.4) is 0 Å². The summed E-state index contributed by atoms with van der Waals surface area (Å²) in [6, 6.07) is 48.1. The van der Waals surface area contributed by atoms with Gasteiger partial charge in [-0.1, -0.05) is 78.9 Å². The van der Waals surface area contributed by atoms with Gasteiger partial charge in [-0.15, -0.1) is 0 Å². The summed E-state index contributed by atoms with van der Waals surface area (Å²) in [7, 11) is 0. The van der Waals surface area contributed by atoms with Crippen molar-refractivity contribution in [3.05, 3.63) is 150 Å². The summed E-state index contributed by atoms with van der Waals surface area (Å²) in [6.07, 6.45) is 0. The van der Waals surface area contributed by atoms with Crippen LogP contribution >= 0.6 is 0 Å². The normalized spacial score (nSPS) is 11.3. The summed E-state index contributed by atoms with van der Waals surface area (Å²) in [5, 5.41) is 14.1. The Morgan fingerprint density at radius 2 is 1.14 bits per heavy atom. The number of hydrogen-bond acceptors (Lipinski definition) is 1. The molecule has 0 aliphatic carbocycles. The number of para-hydroxylation sites is 3. The van der Waals surface area contributed by atoms with E-state index in [2.05, 4.69) is 117 Å². The van der Waals surface area contributed by atoms with E-state index in [4.69, 9.17) is 6.57 Å². The summed E-state index contributed by atoms with van der Waals surface area (Å²) < 4.78 is 4.64. The molecule has 0 N–H and O–H groups in total. The van der Waals surface area contributed by atoms with Gasteiger partial charge >= 0.3 is 0 Å². The molecule has 2 aromatic heterocycles. The molecule has 0 unspecified atom stereocenters. The molecule has 2 heterocycles. The van der Waals surface area contributed by atoms with Crippen molar-refractivity contribution in [2.75, 3.05) is 0 Å². The zero-order chi connectivity index (χ0) is 28.2. The zero-order valence-corrected chi connectivity index (χ0v) is 22.5. The molecule has 42 heavy (non-hydrogen) atoms. The fourth-order valence-corrected chi connectivity index (χ4v) is 6.31. The summed E-state index contributed by atoms with van der Waals surface area (Å²) in [6.45, 7) is 7.34. The maximum Gasteiger partial charge on any atom is 0.187 e. The van der Waals surface area contributed by atoms with Gasteiger partial charge < -0.3 is 9.13 Å². The molecule has 0 bridgehead atoms. The number of benzene rings is 6. The molecule has 0 fully saturated rings. The highest BCUT2D eigenvalue weighted by Gasteiger charge is 2.18. The van der Waals surface area contributed by atoms with Crippen LogP contribution in [0.1, 0.15) is 5.56 Å². The lowest BCUT2D eigenvalue weighted by molar-refractivity contribution is 1.17. The van der Waals surface area contributed by atoms with E-state index in [-0.39, 0.29) is 0 Å². The van der Waals surface area contributed by atoms with Crippen molar-refractivity contribution in [3.63, 3.8) is 0 Å². The van der Waals surface area contributed by atoms with E-state index in [0.717, 1.165) is 55.3 Å². The van der Waals surface area contributed by atoms with Gasteiger partial charge in [0.05, 0.1) is 46.0 Å². The summed E-state index contributed by atoms with van der Waals surface area (Å²) in [4.78, 5) is 3.56. The summed E-state index contributed by atoms with van der Waals surface area (Å²) >= 11 is 0. The van der Waals surface area contributed by atoms with E-state index >= 15 is 0 Å². The van der Waals surface area contributed by atoms with Crippen molar-refractivity contribution in [1.29, 1.82) is 5.26 Å². The molecule has 194 valence electrons. The number of rotatable bonds is 3. The SMILES string of the molecule is [C-]#[N+]c1ccc(-c2ccccc2-n2c3ccccc3c3cc(-n4c5ccccc5c5cc(C#N)ccc54)ccc32)cc1. The lowest BCUT2D eigenvalue weighted by Crippen LogP contribution is -1.98. The van der Waals surface area contributed by atoms with Crippen molar-refractivity contribution in [3.8, 4) is 28.6 Å². The Balaban J connectivity index is 1.40. The first-order valence-corrected chi connectivity index (χ1v) is 13.8. The van der Waals surface area contributed by atoms with Crippen LogP contribution in [0.5, 0.6) is 0 Å². The number of nitriles is 1. The minimum atomic E-state index is 0.634. The molecular weight excluding hydrogens is 512 g/mol. The first kappa shape index (κ1) is 23.8. The lowest BCUT2D eigenvalue weighted by Gasteiger charge is -2.14. The van der Waals surface area contributed by atoms with Crippen LogP contribution in [-0.2, 0) is 0 Å². The highest BCUT2D eigenvalue weighted by atomic mass is 15.0. The van der Waals surface area contributed by atoms with E-state index in [0.29, 0.717) is 11.3 Å². The standard InChI is InChI=1S/C38H22N4/c1-40-27-17-15-26(16-18-27)29-8-2-5-11-34(29)42-36-13-7-4-10-31(36)33-23-28(19-21-38(33)42)41-35-12-6-3-9-30(35)32-22-25(24-39)14-20-37(32)41/h2-23H. The Kier molecular flexibility index (Phi) is 5.22. The third-order valence-corrected chi connectivity index (χ3v) is 8.17. The molecule has 4 nitrogen and oxygen atoms in total. The van der Waals surface area contributed by atoms with Gasteiger partial charge in [0, 0.05) is 32.8 Å². The Bertz CT molecular complexity index is 2430. The highest BCUT2D eigenvalue weighted by molar-refractivity contribution is 6.12. The number of hydrogen-bond donors (Lipinski definition) is 0. The maximum absolute atomic E-state index is 9.55. The van der Waals surface area contributed by atoms with Crippen LogP contribution in [0.15, 0.2) is 133 Å². The number of aromatic nitrogens is 2. The van der Waals surface area contributed by atoms with Gasteiger partial charge in [-0.3, -0.25) is 0 Å². The molecule has 0 spiro atoms. The van der Waals surface area contributed by atoms with Crippen LogP contribution in [0.25, 0.3) is 71.0 Å². The highest BCUT2D eigenvalue weighted by Crippen LogP contribution is 2.39. The van der Waals surface area contributed by atoms with Gasteiger partial charge in [-0.05, 0) is 60.2 Å². The van der Waals surface area contributed by atoms with E-state index in [1.165, 1.54) is 10.8 Å². The summed E-state index contributed by atoms with van der Waals surface area (Å²) in [5.74, 6) is 0. The Morgan fingerprint density at radius 1 is 0.548 bits per heavy atom. The second-order valence-electron chi connectivity index (χ2n) is 10.4. The minimum Gasteiger partial charge on any atom is -0.309 e. The topological polar surface area (TPSA) is 38.0 Å². The van der Waals surface area contributed by atoms with Crippen LogP contribution in [0.2, 0.25) is 0 Å². The molecule has 8 rings (SSSR count). The van der Waals surface area contributed by atoms with Crippen LogP contribution in [-0.4, -0.2) is 9.13 Å². The molecule has 6 aromatic carbocycles. The molecule has 0 aliphatic heterocycles. The van der Waals surface area contributed by atoms with Gasteiger partial charge in [0.25, 0.3) is 0 Å². The van der Waals surface area contributed by atoms with E-state index < -0.39 is 0 Å². The molecule has 0 amide bonds. The van der Waals surface area contributed by atoms with Crippen molar-refractivity contribution < 1.29 is 0 Å². The average Bonchev–Trinajstić information content (AvgIpc) is 3.57. The molecule has 0 atom stereocenters. The maximum atomic E-state index is 9.55. The average molecular weight is 535 g/mol. The fourth-order valence-electron chi connectivity index (χ4n) is 6.31. The monoisotopic (exact) mass is 534 g/mol. The molecule has 0 aliphatic rings. The second kappa shape index (κ2) is 9.24. The summed E-state index contributed by atoms with van der Waals surface area (Å²) in [5.41, 5.74) is 10.1. The Hall–Kier alpha value is -6.10. The van der Waals surface area contributed by atoms with Crippen LogP contribution < -0.4 is 0 Å². The third-order valence-electron chi connectivity index (χ3n) is 8.17. The van der Waals surface area contributed by atoms with Crippen molar-refractivity contribution >= 4 is 49.3 Å². The van der Waals surface area contributed by atoms with Gasteiger partial charge in [0.2, 0.25) is 0 Å². The van der Waals surface area contributed by atoms with Gasteiger partial charge in [0.1, 0.15) is 0 Å². The van der Waals surface area contributed by atoms with Crippen LogP contribution in [0, 0.1) is 17.9 Å². The predicted molar refractivity (Wildman–Crippen MR) is 172 cm³/mol. The quantitative estimate of drug-likeness (QED) is 0.208. The molecule has 4 heteroatoms. The zero-order valence-electron chi connectivity index (χ0n) is 22.5. The van der Waals surface area contributed by atoms with E-state index in [1.54, 1.807) is 0 Å². The lowest BCUT2D eigenvalue weighted by atomic mass is 10.0. The molecule has 0 saturated heterocycles. The van der Waals surface area contributed by atoms with Gasteiger partial charge in [-0.25, -0.2) is 4.85 Å². The van der Waals surface area contributed by atoms with Gasteiger partial charge in [0.15, 0.2) is 5.69 Å². The van der Waals surface area contributed by atoms with Crippen molar-refractivity contribution in [1.82, 2.24) is 9.13 Å². The second-order valence-corrected chi connectivity index (χ2v) is 10.4. The molecular formula is C38H22N4. The molecule has 8 aromatic rings. The fraction of sp³-hybridized carbons (Fsp3) is 0. The third kappa shape index (κ3) is 3.47.